The summed E-state index contributed by atoms with van der Waals surface area (Å²) in [6.45, 7) is 8.09. The first-order valence-electron chi connectivity index (χ1n) is 13.4. The molecule has 0 bridgehead atoms. The number of hydrogen-bond donors (Lipinski definition) is 0. The van der Waals surface area contributed by atoms with Gasteiger partial charge in [0.2, 0.25) is 0 Å². The first kappa shape index (κ1) is 22.1. The number of allylic oxidation sites excluding steroid dienone is 8. The highest BCUT2D eigenvalue weighted by molar-refractivity contribution is 6.80. The highest BCUT2D eigenvalue weighted by atomic mass is 28.3. The Morgan fingerprint density at radius 2 is 1.24 bits per heavy atom. The van der Waals surface area contributed by atoms with E-state index in [9.17, 15) is 0 Å². The van der Waals surface area contributed by atoms with Gasteiger partial charge in [-0.1, -0.05) is 124 Å². The van der Waals surface area contributed by atoms with E-state index in [4.69, 9.17) is 0 Å². The van der Waals surface area contributed by atoms with Crippen molar-refractivity contribution in [2.75, 3.05) is 0 Å². The van der Waals surface area contributed by atoms with Gasteiger partial charge in [0.1, 0.15) is 0 Å². The van der Waals surface area contributed by atoms with Gasteiger partial charge >= 0.3 is 0 Å². The van der Waals surface area contributed by atoms with Crippen LogP contribution in [0.25, 0.3) is 11.1 Å². The topological polar surface area (TPSA) is 0 Å². The molecule has 34 heavy (non-hydrogen) atoms. The summed E-state index contributed by atoms with van der Waals surface area (Å²) in [7, 11) is -1.53. The molecule has 2 saturated carbocycles. The normalized spacial score (nSPS) is 34.4. The highest BCUT2D eigenvalue weighted by Crippen LogP contribution is 2.63. The van der Waals surface area contributed by atoms with Crippen molar-refractivity contribution in [2.45, 2.75) is 50.4 Å². The van der Waals surface area contributed by atoms with E-state index in [1.54, 1.807) is 11.1 Å². The molecule has 6 rings (SSSR count). The zero-order valence-corrected chi connectivity index (χ0v) is 21.9. The molecule has 1 heteroatoms. The van der Waals surface area contributed by atoms with Gasteiger partial charge in [-0.05, 0) is 75.8 Å². The molecular formula is C33H38Si. The lowest BCUT2D eigenvalue weighted by Gasteiger charge is -2.44. The van der Waals surface area contributed by atoms with E-state index in [-0.39, 0.29) is 0 Å². The van der Waals surface area contributed by atoms with Crippen molar-refractivity contribution >= 4 is 19.2 Å². The molecule has 0 heterocycles. The quantitative estimate of drug-likeness (QED) is 0.398. The van der Waals surface area contributed by atoms with E-state index >= 15 is 0 Å². The molecule has 5 unspecified atom stereocenters. The molecule has 0 amide bonds. The van der Waals surface area contributed by atoms with E-state index in [0.29, 0.717) is 17.8 Å². The molecule has 4 aliphatic rings. The molecule has 0 N–H and O–H groups in total. The molecule has 2 fully saturated rings. The van der Waals surface area contributed by atoms with Crippen molar-refractivity contribution < 1.29 is 0 Å². The maximum atomic E-state index is 2.76. The fourth-order valence-corrected chi connectivity index (χ4v) is 14.3. The lowest BCUT2D eigenvalue weighted by molar-refractivity contribution is 0.513. The average Bonchev–Trinajstić information content (AvgIpc) is 3.46. The van der Waals surface area contributed by atoms with Gasteiger partial charge in [0.05, 0.1) is 8.07 Å². The monoisotopic (exact) mass is 462 g/mol. The maximum Gasteiger partial charge on any atom is 0.0550 e. The molecule has 7 atom stereocenters. The van der Waals surface area contributed by atoms with Crippen LogP contribution in [0.15, 0.2) is 97.1 Å². The van der Waals surface area contributed by atoms with E-state index in [1.165, 1.54) is 30.4 Å². The minimum atomic E-state index is -1.53. The van der Waals surface area contributed by atoms with Crippen molar-refractivity contribution in [2.24, 2.45) is 29.6 Å². The smallest absolute Gasteiger partial charge is 0.0550 e. The van der Waals surface area contributed by atoms with Gasteiger partial charge < -0.3 is 0 Å². The fourth-order valence-electron chi connectivity index (χ4n) is 8.63. The minimum Gasteiger partial charge on any atom is -0.0808 e. The van der Waals surface area contributed by atoms with E-state index in [2.05, 4.69) is 117 Å². The maximum absolute atomic E-state index is 2.76. The molecule has 2 aromatic rings. The Hall–Kier alpha value is -2.38. The van der Waals surface area contributed by atoms with Crippen LogP contribution in [0, 0.1) is 29.6 Å². The number of fused-ring (bicyclic) bond motifs is 2. The van der Waals surface area contributed by atoms with Crippen LogP contribution in [0.3, 0.4) is 0 Å². The van der Waals surface area contributed by atoms with Crippen LogP contribution in [0.5, 0.6) is 0 Å². The predicted molar refractivity (Wildman–Crippen MR) is 149 cm³/mol. The molecule has 0 aliphatic heterocycles. The zero-order valence-electron chi connectivity index (χ0n) is 20.9. The number of hydrogen-bond acceptors (Lipinski definition) is 0. The van der Waals surface area contributed by atoms with Gasteiger partial charge in [-0.15, -0.1) is 0 Å². The lowest BCUT2D eigenvalue weighted by Crippen LogP contribution is -2.44. The largest absolute Gasteiger partial charge is 0.0808 e. The average molecular weight is 463 g/mol. The Labute approximate surface area is 207 Å². The van der Waals surface area contributed by atoms with Crippen molar-refractivity contribution in [3.63, 3.8) is 0 Å². The van der Waals surface area contributed by atoms with Crippen LogP contribution in [0.1, 0.15) is 37.3 Å². The second kappa shape index (κ2) is 8.68. The third kappa shape index (κ3) is 3.55. The van der Waals surface area contributed by atoms with Crippen LogP contribution in [-0.4, -0.2) is 8.07 Å². The van der Waals surface area contributed by atoms with E-state index < -0.39 is 8.07 Å². The third-order valence-electron chi connectivity index (χ3n) is 9.88. The molecule has 0 aromatic heterocycles. The highest BCUT2D eigenvalue weighted by Gasteiger charge is 2.55. The second-order valence-electron chi connectivity index (χ2n) is 11.9. The summed E-state index contributed by atoms with van der Waals surface area (Å²) in [4.78, 5) is 0. The minimum absolute atomic E-state index is 0.693. The SMILES string of the molecule is C[C@H]1CC2C(c3ccccc3)=CC=C[C@H]2C1[Si](C)(C)C1CCC2C(c3ccccc3)=CC=CC21. The Balaban J connectivity index is 1.28. The summed E-state index contributed by atoms with van der Waals surface area (Å²) in [5, 5.41) is 0. The summed E-state index contributed by atoms with van der Waals surface area (Å²) in [5.74, 6) is 3.65. The van der Waals surface area contributed by atoms with Gasteiger partial charge in [0.25, 0.3) is 0 Å². The second-order valence-corrected chi connectivity index (χ2v) is 16.9. The molecular weight excluding hydrogens is 424 g/mol. The molecule has 0 radical (unpaired) electrons. The van der Waals surface area contributed by atoms with Crippen LogP contribution in [0.4, 0.5) is 0 Å². The summed E-state index contributed by atoms with van der Waals surface area (Å²) >= 11 is 0. The first-order valence-corrected chi connectivity index (χ1v) is 16.6. The van der Waals surface area contributed by atoms with E-state index in [0.717, 1.165) is 22.9 Å². The first-order chi connectivity index (χ1) is 16.6. The summed E-state index contributed by atoms with van der Waals surface area (Å²) < 4.78 is 0. The Morgan fingerprint density at radius 3 is 1.85 bits per heavy atom. The molecule has 174 valence electrons. The van der Waals surface area contributed by atoms with Crippen LogP contribution >= 0.6 is 0 Å². The van der Waals surface area contributed by atoms with Gasteiger partial charge in [-0.3, -0.25) is 0 Å². The van der Waals surface area contributed by atoms with Crippen molar-refractivity contribution in [1.29, 1.82) is 0 Å². The summed E-state index contributed by atoms with van der Waals surface area (Å²) in [6.07, 6.45) is 18.9. The Morgan fingerprint density at radius 1 is 0.676 bits per heavy atom. The third-order valence-corrected chi connectivity index (χ3v) is 15.1. The predicted octanol–water partition coefficient (Wildman–Crippen LogP) is 9.04. The molecule has 4 aliphatic carbocycles. The van der Waals surface area contributed by atoms with Crippen molar-refractivity contribution in [3.8, 4) is 0 Å². The molecule has 0 nitrogen and oxygen atoms in total. The molecule has 2 aromatic carbocycles. The lowest BCUT2D eigenvalue weighted by atomic mass is 9.81. The summed E-state index contributed by atoms with van der Waals surface area (Å²) in [6, 6.07) is 22.3. The van der Waals surface area contributed by atoms with Gasteiger partial charge in [0.15, 0.2) is 0 Å². The summed E-state index contributed by atoms with van der Waals surface area (Å²) in [5.41, 5.74) is 7.79. The Kier molecular flexibility index (Phi) is 5.64. The number of rotatable bonds is 4. The number of benzene rings is 2. The van der Waals surface area contributed by atoms with Crippen LogP contribution < -0.4 is 0 Å². The Bertz CT molecular complexity index is 1150. The molecule has 0 saturated heterocycles. The van der Waals surface area contributed by atoms with Crippen molar-refractivity contribution in [1.82, 2.24) is 0 Å². The fraction of sp³-hybridized carbons (Fsp3) is 0.394. The zero-order chi connectivity index (χ0) is 23.3. The van der Waals surface area contributed by atoms with Crippen LogP contribution in [0.2, 0.25) is 24.2 Å². The van der Waals surface area contributed by atoms with Gasteiger partial charge in [-0.2, -0.15) is 0 Å². The standard InChI is InChI=1S/C33H38Si/c1-23-22-31-27(25-14-8-5-9-15-25)17-11-19-30(31)33(23)34(2,3)32-21-20-28-26(16-10-18-29(28)32)24-12-6-4-7-13-24/h4-19,23,28-33H,20-22H2,1-3H3/t23-,28?,29?,30+,31?,32?,33?/m0/s1. The van der Waals surface area contributed by atoms with Gasteiger partial charge in [0, 0.05) is 0 Å². The van der Waals surface area contributed by atoms with Gasteiger partial charge in [-0.25, -0.2) is 0 Å². The molecule has 0 spiro atoms. The van der Waals surface area contributed by atoms with E-state index in [1.807, 2.05) is 0 Å². The van der Waals surface area contributed by atoms with Crippen LogP contribution in [-0.2, 0) is 0 Å². The van der Waals surface area contributed by atoms with Crippen molar-refractivity contribution in [3.05, 3.63) is 108 Å².